The number of hydrogen-bond donors (Lipinski definition) is 0. The van der Waals surface area contributed by atoms with Gasteiger partial charge in [-0.1, -0.05) is 36.9 Å². The van der Waals surface area contributed by atoms with Crippen molar-refractivity contribution in [1.82, 2.24) is 9.88 Å². The molecule has 3 atom stereocenters. The van der Waals surface area contributed by atoms with Crippen molar-refractivity contribution in [2.24, 2.45) is 4.99 Å². The fourth-order valence-electron chi connectivity index (χ4n) is 4.84. The second kappa shape index (κ2) is 6.63. The molecular formula is C24H28N4S. The van der Waals surface area contributed by atoms with Crippen molar-refractivity contribution >= 4 is 28.2 Å². The number of nitrogens with zero attached hydrogens (tertiary/aromatic N) is 4. The number of pyridine rings is 1. The van der Waals surface area contributed by atoms with Crippen molar-refractivity contribution in [3.63, 3.8) is 0 Å². The highest BCUT2D eigenvalue weighted by molar-refractivity contribution is 8.14. The van der Waals surface area contributed by atoms with Crippen LogP contribution in [-0.2, 0) is 0 Å². The van der Waals surface area contributed by atoms with E-state index in [2.05, 4.69) is 85.9 Å². The van der Waals surface area contributed by atoms with Crippen LogP contribution in [0.1, 0.15) is 56.6 Å². The Balaban J connectivity index is 1.60. The number of anilines is 1. The van der Waals surface area contributed by atoms with Gasteiger partial charge in [-0.2, -0.15) is 0 Å². The molecule has 0 N–H and O–H groups in total. The molecule has 1 fully saturated rings. The molecule has 150 valence electrons. The van der Waals surface area contributed by atoms with Crippen molar-refractivity contribution in [2.75, 3.05) is 18.5 Å². The molecule has 0 spiro atoms. The van der Waals surface area contributed by atoms with Gasteiger partial charge >= 0.3 is 0 Å². The topological polar surface area (TPSA) is 31.7 Å². The zero-order valence-electron chi connectivity index (χ0n) is 17.8. The Morgan fingerprint density at radius 2 is 2.00 bits per heavy atom. The summed E-state index contributed by atoms with van der Waals surface area (Å²) in [6.45, 7) is 10.1. The molecule has 4 nitrogen and oxygen atoms in total. The summed E-state index contributed by atoms with van der Waals surface area (Å²) >= 11 is 1.89. The second-order valence-electron chi connectivity index (χ2n) is 8.95. The van der Waals surface area contributed by atoms with Crippen LogP contribution in [0.2, 0.25) is 0 Å². The maximum Gasteiger partial charge on any atom is 0.160 e. The molecule has 2 aromatic rings. The molecule has 0 saturated carbocycles. The Morgan fingerprint density at radius 3 is 2.76 bits per heavy atom. The fourth-order valence-corrected chi connectivity index (χ4v) is 5.93. The molecule has 1 aromatic heterocycles. The Morgan fingerprint density at radius 1 is 1.17 bits per heavy atom. The van der Waals surface area contributed by atoms with Crippen LogP contribution in [0.3, 0.4) is 0 Å². The van der Waals surface area contributed by atoms with Crippen molar-refractivity contribution in [1.29, 1.82) is 0 Å². The van der Waals surface area contributed by atoms with Gasteiger partial charge in [-0.05, 0) is 56.2 Å². The number of thioether (sulfide) groups is 1. The molecule has 0 amide bonds. The van der Waals surface area contributed by atoms with Gasteiger partial charge in [-0.25, -0.2) is 0 Å². The van der Waals surface area contributed by atoms with Gasteiger partial charge in [0.25, 0.3) is 0 Å². The first kappa shape index (κ1) is 18.7. The number of fused-ring (bicyclic) bond motifs is 2. The summed E-state index contributed by atoms with van der Waals surface area (Å²) in [7, 11) is 2.19. The van der Waals surface area contributed by atoms with Crippen LogP contribution in [0.15, 0.2) is 53.7 Å². The van der Waals surface area contributed by atoms with Crippen LogP contribution in [0.5, 0.6) is 0 Å². The van der Waals surface area contributed by atoms with Gasteiger partial charge in [-0.3, -0.25) is 9.98 Å². The largest absolute Gasteiger partial charge is 0.366 e. The number of aromatic nitrogens is 1. The summed E-state index contributed by atoms with van der Waals surface area (Å²) in [4.78, 5) is 14.6. The standard InChI is InChI=1S/C24H28N4S/c1-15-13-24(3,4)27(5)20-10-9-17(12-18(15)20)22-21(19-8-6-7-11-25-19)26-23-28(22)14-16(2)29-23/h6-13,16,21-22H,14H2,1-5H3/t16-,21-,22-/m1/s1. The van der Waals surface area contributed by atoms with Gasteiger partial charge in [0.15, 0.2) is 5.17 Å². The van der Waals surface area contributed by atoms with E-state index < -0.39 is 0 Å². The molecular weight excluding hydrogens is 376 g/mol. The minimum atomic E-state index is 0.0275. The lowest BCUT2D eigenvalue weighted by Gasteiger charge is -2.41. The van der Waals surface area contributed by atoms with Gasteiger partial charge in [-0.15, -0.1) is 0 Å². The molecule has 5 rings (SSSR count). The monoisotopic (exact) mass is 404 g/mol. The third-order valence-electron chi connectivity index (χ3n) is 6.46. The molecule has 0 bridgehead atoms. The van der Waals surface area contributed by atoms with E-state index in [9.17, 15) is 0 Å². The lowest BCUT2D eigenvalue weighted by molar-refractivity contribution is 0.321. The molecule has 3 aliphatic rings. The van der Waals surface area contributed by atoms with E-state index in [1.165, 1.54) is 27.6 Å². The van der Waals surface area contributed by atoms with Crippen molar-refractivity contribution in [2.45, 2.75) is 50.6 Å². The van der Waals surface area contributed by atoms with Gasteiger partial charge in [0, 0.05) is 36.3 Å². The molecule has 5 heteroatoms. The van der Waals surface area contributed by atoms with Crippen LogP contribution in [-0.4, -0.2) is 39.4 Å². The zero-order chi connectivity index (χ0) is 20.3. The predicted octanol–water partition coefficient (Wildman–Crippen LogP) is 5.30. The number of allylic oxidation sites excluding steroid dienone is 1. The first-order valence-corrected chi connectivity index (χ1v) is 11.2. The van der Waals surface area contributed by atoms with E-state index in [-0.39, 0.29) is 17.6 Å². The van der Waals surface area contributed by atoms with Crippen LogP contribution in [0, 0.1) is 0 Å². The van der Waals surface area contributed by atoms with Gasteiger partial charge in [0.2, 0.25) is 0 Å². The van der Waals surface area contributed by atoms with Gasteiger partial charge in [0.1, 0.15) is 6.04 Å². The Labute approximate surface area is 177 Å². The molecule has 29 heavy (non-hydrogen) atoms. The van der Waals surface area contributed by atoms with Crippen LogP contribution in [0.25, 0.3) is 5.57 Å². The number of likely N-dealkylation sites (N-methyl/N-ethyl adjacent to an activating group) is 1. The first-order chi connectivity index (χ1) is 13.8. The van der Waals surface area contributed by atoms with Gasteiger partial charge < -0.3 is 9.80 Å². The highest BCUT2D eigenvalue weighted by Crippen LogP contribution is 2.49. The Kier molecular flexibility index (Phi) is 4.28. The van der Waals surface area contributed by atoms with Crippen molar-refractivity contribution in [3.05, 3.63) is 65.5 Å². The van der Waals surface area contributed by atoms with E-state index in [0.717, 1.165) is 12.2 Å². The smallest absolute Gasteiger partial charge is 0.160 e. The van der Waals surface area contributed by atoms with Crippen LogP contribution >= 0.6 is 11.8 Å². The molecule has 0 radical (unpaired) electrons. The SMILES string of the molecule is CC1=CC(C)(C)N(C)c2ccc([C@@H]3[C@@H](c4ccccn4)N=C4S[C@H](C)CN43)cc21. The first-order valence-electron chi connectivity index (χ1n) is 10.3. The number of rotatable bonds is 2. The number of hydrogen-bond acceptors (Lipinski definition) is 5. The maximum absolute atomic E-state index is 5.12. The molecule has 0 aliphatic carbocycles. The Bertz CT molecular complexity index is 1010. The molecule has 1 aromatic carbocycles. The van der Waals surface area contributed by atoms with Gasteiger partial charge in [0.05, 0.1) is 17.3 Å². The minimum absolute atomic E-state index is 0.0275. The van der Waals surface area contributed by atoms with Crippen molar-refractivity contribution < 1.29 is 0 Å². The molecule has 3 aliphatic heterocycles. The summed E-state index contributed by atoms with van der Waals surface area (Å²) in [6.07, 6.45) is 4.25. The fraction of sp³-hybridized carbons (Fsp3) is 0.417. The second-order valence-corrected chi connectivity index (χ2v) is 10.4. The van der Waals surface area contributed by atoms with E-state index in [4.69, 9.17) is 4.99 Å². The number of amidine groups is 1. The average molecular weight is 405 g/mol. The van der Waals surface area contributed by atoms with E-state index in [0.29, 0.717) is 5.25 Å². The highest BCUT2D eigenvalue weighted by Gasteiger charge is 2.44. The molecule has 1 saturated heterocycles. The predicted molar refractivity (Wildman–Crippen MR) is 123 cm³/mol. The minimum Gasteiger partial charge on any atom is -0.366 e. The third kappa shape index (κ3) is 2.98. The maximum atomic E-state index is 5.12. The normalized spacial score (nSPS) is 27.4. The lowest BCUT2D eigenvalue weighted by Crippen LogP contribution is -2.42. The summed E-state index contributed by atoms with van der Waals surface area (Å²) < 4.78 is 0. The summed E-state index contributed by atoms with van der Waals surface area (Å²) in [5.74, 6) is 0. The van der Waals surface area contributed by atoms with E-state index in [1.807, 2.05) is 24.0 Å². The van der Waals surface area contributed by atoms with Crippen LogP contribution < -0.4 is 4.90 Å². The third-order valence-corrected chi connectivity index (χ3v) is 7.57. The number of aliphatic imine (C=N–C) groups is 1. The number of benzene rings is 1. The Hall–Kier alpha value is -2.27. The summed E-state index contributed by atoms with van der Waals surface area (Å²) in [5, 5.41) is 1.74. The summed E-state index contributed by atoms with van der Waals surface area (Å²) in [5.41, 5.74) is 6.39. The summed E-state index contributed by atoms with van der Waals surface area (Å²) in [6, 6.07) is 13.4. The quantitative estimate of drug-likeness (QED) is 0.679. The average Bonchev–Trinajstić information content (AvgIpc) is 3.22. The molecule has 4 heterocycles. The van der Waals surface area contributed by atoms with E-state index in [1.54, 1.807) is 0 Å². The molecule has 0 unspecified atom stereocenters. The zero-order valence-corrected chi connectivity index (χ0v) is 18.6. The van der Waals surface area contributed by atoms with Crippen molar-refractivity contribution in [3.8, 4) is 0 Å². The highest BCUT2D eigenvalue weighted by atomic mass is 32.2. The lowest BCUT2D eigenvalue weighted by atomic mass is 9.86. The van der Waals surface area contributed by atoms with E-state index >= 15 is 0 Å². The van der Waals surface area contributed by atoms with Crippen LogP contribution in [0.4, 0.5) is 5.69 Å².